The number of hydrogen-bond donors (Lipinski definition) is 0. The standard InChI is InChI=1S/C17H28ClNO/c1-6-8-10-15(9-7-2)19-12(3)11-16(14(19)5)17(20)13(4)18/h11,13,15H,6-10H2,1-5H3. The molecule has 0 saturated carbocycles. The SMILES string of the molecule is CCCCC(CCC)n1c(C)cc(C(=O)C(C)Cl)c1C. The monoisotopic (exact) mass is 297 g/mol. The first-order valence-corrected chi connectivity index (χ1v) is 8.24. The fraction of sp³-hybridized carbons (Fsp3) is 0.706. The number of rotatable bonds is 8. The minimum atomic E-state index is -0.454. The molecule has 3 heteroatoms. The Hall–Kier alpha value is -0.760. The third-order valence-corrected chi connectivity index (χ3v) is 4.19. The first-order valence-electron chi connectivity index (χ1n) is 7.80. The second-order valence-corrected chi connectivity index (χ2v) is 6.37. The fourth-order valence-corrected chi connectivity index (χ4v) is 3.10. The van der Waals surface area contributed by atoms with Crippen LogP contribution in [0.4, 0.5) is 0 Å². The Morgan fingerprint density at radius 1 is 1.25 bits per heavy atom. The van der Waals surface area contributed by atoms with Gasteiger partial charge < -0.3 is 4.57 Å². The number of carbonyl (C=O) groups excluding carboxylic acids is 1. The molecule has 2 atom stereocenters. The summed E-state index contributed by atoms with van der Waals surface area (Å²) in [5, 5.41) is -0.454. The average molecular weight is 298 g/mol. The topological polar surface area (TPSA) is 22.0 Å². The molecular weight excluding hydrogens is 270 g/mol. The molecule has 0 aromatic carbocycles. The number of carbonyl (C=O) groups is 1. The Kier molecular flexibility index (Phi) is 6.81. The number of alkyl halides is 1. The maximum absolute atomic E-state index is 12.2. The highest BCUT2D eigenvalue weighted by Gasteiger charge is 2.22. The van der Waals surface area contributed by atoms with Crippen molar-refractivity contribution in [1.82, 2.24) is 4.57 Å². The quantitative estimate of drug-likeness (QED) is 0.462. The molecule has 0 bridgehead atoms. The lowest BCUT2D eigenvalue weighted by molar-refractivity contribution is 0.0991. The van der Waals surface area contributed by atoms with Crippen molar-refractivity contribution in [3.63, 3.8) is 0 Å². The van der Waals surface area contributed by atoms with Crippen molar-refractivity contribution in [3.05, 3.63) is 23.0 Å². The lowest BCUT2D eigenvalue weighted by atomic mass is 10.0. The molecule has 0 N–H and O–H groups in total. The summed E-state index contributed by atoms with van der Waals surface area (Å²) in [4.78, 5) is 12.2. The van der Waals surface area contributed by atoms with Gasteiger partial charge in [0.25, 0.3) is 0 Å². The molecule has 1 rings (SSSR count). The number of halogens is 1. The van der Waals surface area contributed by atoms with E-state index in [0.29, 0.717) is 6.04 Å². The van der Waals surface area contributed by atoms with Crippen LogP contribution in [-0.4, -0.2) is 15.7 Å². The van der Waals surface area contributed by atoms with Crippen LogP contribution in [0.25, 0.3) is 0 Å². The Labute approximate surface area is 128 Å². The predicted octanol–water partition coefficient (Wildman–Crippen LogP) is 5.45. The Morgan fingerprint density at radius 2 is 1.90 bits per heavy atom. The predicted molar refractivity (Wildman–Crippen MR) is 87.0 cm³/mol. The first-order chi connectivity index (χ1) is 9.43. The summed E-state index contributed by atoms with van der Waals surface area (Å²) in [6.45, 7) is 10.3. The second-order valence-electron chi connectivity index (χ2n) is 5.72. The minimum Gasteiger partial charge on any atom is -0.345 e. The van der Waals surface area contributed by atoms with Gasteiger partial charge in [0.2, 0.25) is 0 Å². The largest absolute Gasteiger partial charge is 0.345 e. The van der Waals surface area contributed by atoms with Crippen LogP contribution < -0.4 is 0 Å². The smallest absolute Gasteiger partial charge is 0.182 e. The third kappa shape index (κ3) is 3.88. The van der Waals surface area contributed by atoms with Gasteiger partial charge in [0.15, 0.2) is 5.78 Å². The van der Waals surface area contributed by atoms with Crippen molar-refractivity contribution in [1.29, 1.82) is 0 Å². The third-order valence-electron chi connectivity index (χ3n) is 3.99. The molecule has 0 aliphatic heterocycles. The molecule has 0 aliphatic rings. The van der Waals surface area contributed by atoms with Crippen molar-refractivity contribution in [2.75, 3.05) is 0 Å². The van der Waals surface area contributed by atoms with Crippen LogP contribution >= 0.6 is 11.6 Å². The van der Waals surface area contributed by atoms with Gasteiger partial charge in [0, 0.05) is 23.0 Å². The normalized spacial score (nSPS) is 14.3. The van der Waals surface area contributed by atoms with Gasteiger partial charge in [-0.25, -0.2) is 0 Å². The molecule has 114 valence electrons. The van der Waals surface area contributed by atoms with Gasteiger partial charge in [0.05, 0.1) is 5.38 Å². The minimum absolute atomic E-state index is 0.0387. The van der Waals surface area contributed by atoms with Crippen LogP contribution in [0, 0.1) is 13.8 Å². The van der Waals surface area contributed by atoms with E-state index in [1.165, 1.54) is 37.8 Å². The molecule has 0 saturated heterocycles. The van der Waals surface area contributed by atoms with Crippen LogP contribution in [-0.2, 0) is 0 Å². The summed E-state index contributed by atoms with van der Waals surface area (Å²) in [5.41, 5.74) is 3.05. The van der Waals surface area contributed by atoms with E-state index in [2.05, 4.69) is 25.3 Å². The van der Waals surface area contributed by atoms with E-state index in [4.69, 9.17) is 11.6 Å². The molecular formula is C17H28ClNO. The molecule has 2 unspecified atom stereocenters. The maximum Gasteiger partial charge on any atom is 0.182 e. The maximum atomic E-state index is 12.2. The fourth-order valence-electron chi connectivity index (χ4n) is 2.98. The van der Waals surface area contributed by atoms with Crippen molar-refractivity contribution in [3.8, 4) is 0 Å². The van der Waals surface area contributed by atoms with Crippen molar-refractivity contribution >= 4 is 17.4 Å². The van der Waals surface area contributed by atoms with E-state index < -0.39 is 5.38 Å². The molecule has 2 nitrogen and oxygen atoms in total. The summed E-state index contributed by atoms with van der Waals surface area (Å²) in [6.07, 6.45) is 5.97. The first kappa shape index (κ1) is 17.3. The highest BCUT2D eigenvalue weighted by Crippen LogP contribution is 2.28. The Bertz CT molecular complexity index is 448. The molecule has 0 spiro atoms. The molecule has 0 radical (unpaired) electrons. The van der Waals surface area contributed by atoms with Gasteiger partial charge in [-0.3, -0.25) is 4.79 Å². The van der Waals surface area contributed by atoms with Gasteiger partial charge in [-0.05, 0) is 39.7 Å². The van der Waals surface area contributed by atoms with E-state index in [1.54, 1.807) is 6.92 Å². The van der Waals surface area contributed by atoms with Crippen LogP contribution in [0.5, 0.6) is 0 Å². The van der Waals surface area contributed by atoms with Crippen LogP contribution in [0.1, 0.15) is 80.7 Å². The number of aromatic nitrogens is 1. The van der Waals surface area contributed by atoms with Gasteiger partial charge in [-0.15, -0.1) is 11.6 Å². The number of nitrogens with zero attached hydrogens (tertiary/aromatic N) is 1. The van der Waals surface area contributed by atoms with Crippen LogP contribution in [0.2, 0.25) is 0 Å². The zero-order valence-electron chi connectivity index (χ0n) is 13.5. The molecule has 0 aliphatic carbocycles. The lowest BCUT2D eigenvalue weighted by Crippen LogP contribution is -2.15. The highest BCUT2D eigenvalue weighted by atomic mass is 35.5. The second kappa shape index (κ2) is 7.87. The summed E-state index contributed by atoms with van der Waals surface area (Å²) >= 11 is 5.96. The van der Waals surface area contributed by atoms with E-state index >= 15 is 0 Å². The zero-order valence-corrected chi connectivity index (χ0v) is 14.3. The van der Waals surface area contributed by atoms with E-state index in [-0.39, 0.29) is 5.78 Å². The summed E-state index contributed by atoms with van der Waals surface area (Å²) in [7, 11) is 0. The van der Waals surface area contributed by atoms with E-state index in [0.717, 1.165) is 11.3 Å². The Balaban J connectivity index is 3.12. The molecule has 1 aromatic rings. The van der Waals surface area contributed by atoms with E-state index in [9.17, 15) is 4.79 Å². The molecule has 1 aromatic heterocycles. The molecule has 0 amide bonds. The van der Waals surface area contributed by atoms with Gasteiger partial charge in [0.1, 0.15) is 0 Å². The van der Waals surface area contributed by atoms with Crippen molar-refractivity contribution < 1.29 is 4.79 Å². The zero-order chi connectivity index (χ0) is 15.3. The molecule has 1 heterocycles. The van der Waals surface area contributed by atoms with Gasteiger partial charge in [-0.2, -0.15) is 0 Å². The van der Waals surface area contributed by atoms with Crippen molar-refractivity contribution in [2.45, 2.75) is 78.1 Å². The van der Waals surface area contributed by atoms with Crippen LogP contribution in [0.3, 0.4) is 0 Å². The van der Waals surface area contributed by atoms with Gasteiger partial charge in [-0.1, -0.05) is 33.1 Å². The number of ketones is 1. The average Bonchev–Trinajstić information content (AvgIpc) is 2.69. The van der Waals surface area contributed by atoms with Gasteiger partial charge >= 0.3 is 0 Å². The van der Waals surface area contributed by atoms with Crippen molar-refractivity contribution in [2.24, 2.45) is 0 Å². The van der Waals surface area contributed by atoms with E-state index in [1.807, 2.05) is 13.0 Å². The molecule has 0 fully saturated rings. The number of Topliss-reactive ketones (excluding diaryl/α,β-unsaturated/α-hetero) is 1. The summed E-state index contributed by atoms with van der Waals surface area (Å²) in [5.74, 6) is 0.0387. The summed E-state index contributed by atoms with van der Waals surface area (Å²) in [6, 6.07) is 2.51. The van der Waals surface area contributed by atoms with Crippen LogP contribution in [0.15, 0.2) is 6.07 Å². The number of aryl methyl sites for hydroxylation is 1. The Morgan fingerprint density at radius 3 is 2.40 bits per heavy atom. The number of unbranched alkanes of at least 4 members (excludes halogenated alkanes) is 1. The highest BCUT2D eigenvalue weighted by molar-refractivity contribution is 6.33. The molecule has 20 heavy (non-hydrogen) atoms. The summed E-state index contributed by atoms with van der Waals surface area (Å²) < 4.78 is 2.35. The number of hydrogen-bond acceptors (Lipinski definition) is 1. The lowest BCUT2D eigenvalue weighted by Gasteiger charge is -2.22.